The molecule has 1 unspecified atom stereocenters. The van der Waals surface area contributed by atoms with Crippen LogP contribution >= 0.6 is 11.8 Å². The zero-order valence-electron chi connectivity index (χ0n) is 13.2. The van der Waals surface area contributed by atoms with Gasteiger partial charge in [0, 0.05) is 30.1 Å². The predicted octanol–water partition coefficient (Wildman–Crippen LogP) is 3.66. The maximum absolute atomic E-state index is 12.6. The molecule has 3 rings (SSSR count). The van der Waals surface area contributed by atoms with Crippen LogP contribution in [0.5, 0.6) is 0 Å². The number of hydrogen-bond donors (Lipinski definition) is 1. The van der Waals surface area contributed by atoms with Crippen molar-refractivity contribution >= 4 is 29.6 Å². The Balaban J connectivity index is 1.72. The summed E-state index contributed by atoms with van der Waals surface area (Å²) in [5.41, 5.74) is 2.24. The standard InChI is InChI=1S/C18H21N3OS/c1-14-4-6-15(7-5-14)8-9-18(22)21(17-10-11-19-20-17)13-16-3-2-12-23-16/h4-11,16H,2-3,12-13H2,1H3,(H,19,20)/b9-8+. The summed E-state index contributed by atoms with van der Waals surface area (Å²) in [4.78, 5) is 14.4. The SMILES string of the molecule is Cc1ccc(/C=C/C(=O)N(CC2CCCS2)c2cc[nH]n2)cc1. The lowest BCUT2D eigenvalue weighted by atomic mass is 10.1. The third kappa shape index (κ3) is 4.26. The maximum atomic E-state index is 12.6. The van der Waals surface area contributed by atoms with Crippen molar-refractivity contribution in [3.8, 4) is 0 Å². The van der Waals surface area contributed by atoms with Crippen molar-refractivity contribution in [1.82, 2.24) is 10.2 Å². The molecule has 1 saturated heterocycles. The fourth-order valence-corrected chi connectivity index (χ4v) is 3.88. The van der Waals surface area contributed by atoms with Gasteiger partial charge in [-0.1, -0.05) is 29.8 Å². The fourth-order valence-electron chi connectivity index (χ4n) is 2.63. The number of anilines is 1. The molecule has 5 heteroatoms. The number of thioether (sulfide) groups is 1. The molecule has 1 N–H and O–H groups in total. The quantitative estimate of drug-likeness (QED) is 0.853. The summed E-state index contributed by atoms with van der Waals surface area (Å²) in [6, 6.07) is 9.97. The van der Waals surface area contributed by atoms with Gasteiger partial charge in [0.25, 0.3) is 5.91 Å². The molecular weight excluding hydrogens is 306 g/mol. The van der Waals surface area contributed by atoms with Gasteiger partial charge < -0.3 is 0 Å². The molecule has 0 aliphatic carbocycles. The molecule has 120 valence electrons. The number of hydrogen-bond acceptors (Lipinski definition) is 3. The summed E-state index contributed by atoms with van der Waals surface area (Å²) in [6.07, 6.45) is 7.65. The second-order valence-electron chi connectivity index (χ2n) is 5.76. The summed E-state index contributed by atoms with van der Waals surface area (Å²) in [7, 11) is 0. The number of rotatable bonds is 5. The van der Waals surface area contributed by atoms with Gasteiger partial charge in [-0.2, -0.15) is 16.9 Å². The molecule has 2 aromatic rings. The van der Waals surface area contributed by atoms with Crippen molar-refractivity contribution in [2.24, 2.45) is 0 Å². The molecule has 1 fully saturated rings. The molecule has 4 nitrogen and oxygen atoms in total. The van der Waals surface area contributed by atoms with Gasteiger partial charge in [-0.05, 0) is 37.2 Å². The van der Waals surface area contributed by atoms with E-state index < -0.39 is 0 Å². The van der Waals surface area contributed by atoms with Crippen LogP contribution in [0, 0.1) is 6.92 Å². The van der Waals surface area contributed by atoms with Gasteiger partial charge in [0.05, 0.1) is 0 Å². The van der Waals surface area contributed by atoms with Crippen LogP contribution in [0.1, 0.15) is 24.0 Å². The third-order valence-corrected chi connectivity index (χ3v) is 5.32. The Morgan fingerprint density at radius 3 is 2.87 bits per heavy atom. The average Bonchev–Trinajstić information content (AvgIpc) is 3.25. The summed E-state index contributed by atoms with van der Waals surface area (Å²) in [6.45, 7) is 2.77. The summed E-state index contributed by atoms with van der Waals surface area (Å²) in [5.74, 6) is 1.85. The number of benzene rings is 1. The zero-order valence-corrected chi connectivity index (χ0v) is 14.1. The van der Waals surface area contributed by atoms with E-state index in [1.807, 2.05) is 48.2 Å². The number of aryl methyl sites for hydroxylation is 1. The normalized spacial score (nSPS) is 17.7. The lowest BCUT2D eigenvalue weighted by molar-refractivity contribution is -0.114. The van der Waals surface area contributed by atoms with Crippen molar-refractivity contribution in [2.45, 2.75) is 25.0 Å². The van der Waals surface area contributed by atoms with Crippen LogP contribution in [0.3, 0.4) is 0 Å². The molecule has 1 aliphatic rings. The van der Waals surface area contributed by atoms with Crippen molar-refractivity contribution < 1.29 is 4.79 Å². The van der Waals surface area contributed by atoms with Crippen LogP contribution in [0.2, 0.25) is 0 Å². The van der Waals surface area contributed by atoms with Gasteiger partial charge in [0.1, 0.15) is 0 Å². The first-order chi connectivity index (χ1) is 11.2. The highest BCUT2D eigenvalue weighted by Gasteiger charge is 2.23. The van der Waals surface area contributed by atoms with Gasteiger partial charge in [-0.25, -0.2) is 0 Å². The minimum Gasteiger partial charge on any atom is -0.291 e. The van der Waals surface area contributed by atoms with Gasteiger partial charge in [0.15, 0.2) is 5.82 Å². The van der Waals surface area contributed by atoms with E-state index in [0.717, 1.165) is 5.56 Å². The Morgan fingerprint density at radius 1 is 1.39 bits per heavy atom. The number of carbonyl (C=O) groups is 1. The fraction of sp³-hybridized carbons (Fsp3) is 0.333. The van der Waals surface area contributed by atoms with E-state index in [-0.39, 0.29) is 5.91 Å². The smallest absolute Gasteiger partial charge is 0.252 e. The van der Waals surface area contributed by atoms with Crippen LogP contribution in [-0.2, 0) is 4.79 Å². The molecule has 0 radical (unpaired) electrons. The van der Waals surface area contributed by atoms with Crippen LogP contribution in [0.4, 0.5) is 5.82 Å². The van der Waals surface area contributed by atoms with Crippen molar-refractivity contribution in [3.63, 3.8) is 0 Å². The molecule has 1 amide bonds. The molecule has 0 bridgehead atoms. The van der Waals surface area contributed by atoms with Gasteiger partial charge in [-0.3, -0.25) is 14.8 Å². The van der Waals surface area contributed by atoms with Crippen LogP contribution in [-0.4, -0.2) is 33.7 Å². The molecule has 1 atom stereocenters. The topological polar surface area (TPSA) is 49.0 Å². The number of nitrogens with zero attached hydrogens (tertiary/aromatic N) is 2. The van der Waals surface area contributed by atoms with E-state index >= 15 is 0 Å². The first kappa shape index (κ1) is 15.9. The van der Waals surface area contributed by atoms with E-state index in [4.69, 9.17) is 0 Å². The van der Waals surface area contributed by atoms with Gasteiger partial charge in [0.2, 0.25) is 0 Å². The largest absolute Gasteiger partial charge is 0.291 e. The maximum Gasteiger partial charge on any atom is 0.252 e. The molecule has 2 heterocycles. The van der Waals surface area contributed by atoms with E-state index in [0.29, 0.717) is 17.6 Å². The van der Waals surface area contributed by atoms with Crippen molar-refractivity contribution in [1.29, 1.82) is 0 Å². The summed E-state index contributed by atoms with van der Waals surface area (Å²) >= 11 is 1.95. The molecule has 0 saturated carbocycles. The van der Waals surface area contributed by atoms with Gasteiger partial charge in [-0.15, -0.1) is 0 Å². The molecule has 0 spiro atoms. The number of nitrogens with one attached hydrogen (secondary N) is 1. The number of carbonyl (C=O) groups excluding carboxylic acids is 1. The second kappa shape index (κ2) is 7.51. The number of H-pyrrole nitrogens is 1. The zero-order chi connectivity index (χ0) is 16.1. The molecule has 1 aliphatic heterocycles. The Bertz CT molecular complexity index is 658. The van der Waals surface area contributed by atoms with Crippen molar-refractivity contribution in [3.05, 3.63) is 53.7 Å². The Morgan fingerprint density at radius 2 is 2.22 bits per heavy atom. The first-order valence-corrected chi connectivity index (χ1v) is 8.95. The molecule has 1 aromatic heterocycles. The first-order valence-electron chi connectivity index (χ1n) is 7.90. The highest BCUT2D eigenvalue weighted by molar-refractivity contribution is 8.00. The highest BCUT2D eigenvalue weighted by atomic mass is 32.2. The number of amides is 1. The van der Waals surface area contributed by atoms with Gasteiger partial charge >= 0.3 is 0 Å². The summed E-state index contributed by atoms with van der Waals surface area (Å²) in [5, 5.41) is 7.48. The highest BCUT2D eigenvalue weighted by Crippen LogP contribution is 2.28. The van der Waals surface area contributed by atoms with Crippen LogP contribution < -0.4 is 4.90 Å². The molecular formula is C18H21N3OS. The predicted molar refractivity (Wildman–Crippen MR) is 96.6 cm³/mol. The third-order valence-electron chi connectivity index (χ3n) is 3.93. The van der Waals surface area contributed by atoms with Crippen LogP contribution in [0.25, 0.3) is 6.08 Å². The molecule has 1 aromatic carbocycles. The Hall–Kier alpha value is -2.01. The Labute approximate surface area is 141 Å². The van der Waals surface area contributed by atoms with E-state index in [1.165, 1.54) is 24.2 Å². The average molecular weight is 327 g/mol. The number of aromatic nitrogens is 2. The number of aromatic amines is 1. The minimum absolute atomic E-state index is 0.0230. The lowest BCUT2D eigenvalue weighted by Gasteiger charge is -2.21. The Kier molecular flexibility index (Phi) is 5.18. The molecule has 23 heavy (non-hydrogen) atoms. The second-order valence-corrected chi connectivity index (χ2v) is 7.17. The lowest BCUT2D eigenvalue weighted by Crippen LogP contribution is -2.35. The van der Waals surface area contributed by atoms with E-state index in [2.05, 4.69) is 17.1 Å². The van der Waals surface area contributed by atoms with E-state index in [9.17, 15) is 4.79 Å². The summed E-state index contributed by atoms with van der Waals surface area (Å²) < 4.78 is 0. The monoisotopic (exact) mass is 327 g/mol. The minimum atomic E-state index is -0.0230. The van der Waals surface area contributed by atoms with E-state index in [1.54, 1.807) is 17.2 Å². The van der Waals surface area contributed by atoms with Crippen LogP contribution in [0.15, 0.2) is 42.6 Å². The van der Waals surface area contributed by atoms with Crippen molar-refractivity contribution in [2.75, 3.05) is 17.2 Å².